The normalized spacial score (nSPS) is 22.3. The van der Waals surface area contributed by atoms with Crippen molar-refractivity contribution in [1.29, 1.82) is 5.26 Å². The van der Waals surface area contributed by atoms with Crippen molar-refractivity contribution in [3.05, 3.63) is 52.1 Å². The largest absolute Gasteiger partial charge is 0.461 e. The fourth-order valence-corrected chi connectivity index (χ4v) is 10.5. The standard InChI is InChI=1S/C37H36ClF3N10O2S/c1-19-44-20(2)51(47-19)35(52)49-16-36(17-49)7-3-9-48(15-36)33-23-11-25(38)28(22-5-6-26(40)31-27(22)24(13-42)32(43)54-31)29(41)30(23)45-34(46-33)53-18-37-8-4-10-50(37)14-21(39)12-37/h5-6,11,21H,3-4,7-10,12,14-18,43H2,1-2H3/t21-,37+/m1/s1. The highest BCUT2D eigenvalue weighted by molar-refractivity contribution is 7.23. The molecule has 280 valence electrons. The predicted molar refractivity (Wildman–Crippen MR) is 199 cm³/mol. The number of ether oxygens (including phenoxy) is 1. The van der Waals surface area contributed by atoms with E-state index in [4.69, 9.17) is 27.1 Å². The lowest BCUT2D eigenvalue weighted by Crippen LogP contribution is -2.65. The van der Waals surface area contributed by atoms with Crippen LogP contribution in [0.5, 0.6) is 6.01 Å². The highest BCUT2D eigenvalue weighted by atomic mass is 35.5. The van der Waals surface area contributed by atoms with E-state index in [9.17, 15) is 18.8 Å². The number of thiophene rings is 1. The van der Waals surface area contributed by atoms with Gasteiger partial charge < -0.3 is 20.3 Å². The van der Waals surface area contributed by atoms with Crippen molar-refractivity contribution >= 4 is 60.8 Å². The van der Waals surface area contributed by atoms with Crippen LogP contribution in [0, 0.1) is 42.2 Å². The van der Waals surface area contributed by atoms with Gasteiger partial charge in [0.05, 0.1) is 20.8 Å². The first-order valence-corrected chi connectivity index (χ1v) is 19.2. The Morgan fingerprint density at radius 2 is 1.94 bits per heavy atom. The Kier molecular flexibility index (Phi) is 8.22. The minimum absolute atomic E-state index is 0.0196. The van der Waals surface area contributed by atoms with Crippen molar-refractivity contribution in [3.63, 3.8) is 0 Å². The molecule has 1 spiro atoms. The lowest BCUT2D eigenvalue weighted by atomic mass is 9.73. The number of aryl methyl sites for hydroxylation is 2. The molecule has 0 radical (unpaired) electrons. The zero-order valence-electron chi connectivity index (χ0n) is 29.6. The van der Waals surface area contributed by atoms with E-state index in [0.717, 1.165) is 43.6 Å². The molecule has 2 N–H and O–H groups in total. The first-order chi connectivity index (χ1) is 25.9. The van der Waals surface area contributed by atoms with Gasteiger partial charge in [-0.15, -0.1) is 16.4 Å². The molecule has 54 heavy (non-hydrogen) atoms. The van der Waals surface area contributed by atoms with Crippen molar-refractivity contribution in [2.24, 2.45) is 5.41 Å². The van der Waals surface area contributed by atoms with Crippen LogP contribution in [-0.2, 0) is 0 Å². The van der Waals surface area contributed by atoms with Gasteiger partial charge in [0.1, 0.15) is 52.6 Å². The SMILES string of the molecule is Cc1nc(C)n(C(=O)N2CC3(CCCN(c4nc(OC[C@@]56CCCN5C[C@H](F)C6)nc5c(F)c(-c6ccc(F)c7sc(N)c(C#N)c67)c(Cl)cc45)C3)C2)n1. The van der Waals surface area contributed by atoms with E-state index >= 15 is 4.39 Å². The maximum atomic E-state index is 17.2. The van der Waals surface area contributed by atoms with E-state index in [-0.39, 0.29) is 66.4 Å². The van der Waals surface area contributed by atoms with Crippen LogP contribution < -0.4 is 15.4 Å². The number of nitrogens with two attached hydrogens (primary N) is 1. The third-order valence-corrected chi connectivity index (χ3v) is 12.9. The number of nitriles is 1. The van der Waals surface area contributed by atoms with Crippen LogP contribution in [0.2, 0.25) is 5.02 Å². The van der Waals surface area contributed by atoms with Gasteiger partial charge in [-0.25, -0.2) is 22.9 Å². The summed E-state index contributed by atoms with van der Waals surface area (Å²) in [6, 6.07) is 5.94. The fourth-order valence-electron chi connectivity index (χ4n) is 9.25. The summed E-state index contributed by atoms with van der Waals surface area (Å²) in [6.07, 6.45) is 2.74. The lowest BCUT2D eigenvalue weighted by Gasteiger charge is -2.54. The Morgan fingerprint density at radius 3 is 2.70 bits per heavy atom. The molecule has 4 fully saturated rings. The number of rotatable bonds is 5. The van der Waals surface area contributed by atoms with Gasteiger partial charge in [-0.3, -0.25) is 4.90 Å². The first kappa shape index (κ1) is 35.0. The van der Waals surface area contributed by atoms with Gasteiger partial charge in [0.25, 0.3) is 0 Å². The summed E-state index contributed by atoms with van der Waals surface area (Å²) in [5, 5.41) is 14.9. The Balaban J connectivity index is 1.12. The van der Waals surface area contributed by atoms with E-state index in [1.807, 2.05) is 6.07 Å². The Morgan fingerprint density at radius 1 is 1.15 bits per heavy atom. The van der Waals surface area contributed by atoms with Crippen LogP contribution >= 0.6 is 22.9 Å². The van der Waals surface area contributed by atoms with E-state index < -0.39 is 23.3 Å². The van der Waals surface area contributed by atoms with Gasteiger partial charge in [0, 0.05) is 60.9 Å². The van der Waals surface area contributed by atoms with Gasteiger partial charge >= 0.3 is 12.0 Å². The minimum Gasteiger partial charge on any atom is -0.461 e. The molecule has 2 atom stereocenters. The molecule has 0 bridgehead atoms. The number of nitrogens with zero attached hydrogens (tertiary/aromatic N) is 9. The molecule has 12 nitrogen and oxygen atoms in total. The molecular weight excluding hydrogens is 741 g/mol. The number of hydrogen-bond donors (Lipinski definition) is 1. The molecule has 0 unspecified atom stereocenters. The van der Waals surface area contributed by atoms with Crippen molar-refractivity contribution in [2.75, 3.05) is 56.5 Å². The number of hydrogen-bond acceptors (Lipinski definition) is 11. The van der Waals surface area contributed by atoms with E-state index in [1.54, 1.807) is 24.8 Å². The number of aromatic nitrogens is 5. The Hall–Kier alpha value is -4.72. The summed E-state index contributed by atoms with van der Waals surface area (Å²) < 4.78 is 54.6. The van der Waals surface area contributed by atoms with Crippen LogP contribution in [0.4, 0.5) is 28.8 Å². The molecule has 5 aromatic rings. The van der Waals surface area contributed by atoms with Crippen molar-refractivity contribution in [3.8, 4) is 23.2 Å². The van der Waals surface area contributed by atoms with Gasteiger partial charge in [0.2, 0.25) is 0 Å². The number of alkyl halides is 1. The van der Waals surface area contributed by atoms with Crippen molar-refractivity contribution in [2.45, 2.75) is 57.7 Å². The lowest BCUT2D eigenvalue weighted by molar-refractivity contribution is 0.0187. The summed E-state index contributed by atoms with van der Waals surface area (Å²) in [6.45, 7) is 6.88. The summed E-state index contributed by atoms with van der Waals surface area (Å²) >= 11 is 7.84. The number of benzene rings is 2. The third-order valence-electron chi connectivity index (χ3n) is 11.6. The number of carbonyl (C=O) groups excluding carboxylic acids is 1. The summed E-state index contributed by atoms with van der Waals surface area (Å²) in [5.41, 5.74) is 5.49. The zero-order chi connectivity index (χ0) is 37.7. The smallest absolute Gasteiger partial charge is 0.346 e. The van der Waals surface area contributed by atoms with Gasteiger partial charge in [-0.2, -0.15) is 19.9 Å². The molecule has 2 aromatic carbocycles. The molecule has 7 heterocycles. The average Bonchev–Trinajstić information content (AvgIpc) is 3.86. The highest BCUT2D eigenvalue weighted by Gasteiger charge is 2.50. The van der Waals surface area contributed by atoms with Gasteiger partial charge in [-0.05, 0) is 63.8 Å². The summed E-state index contributed by atoms with van der Waals surface area (Å²) in [5.74, 6) is 0.0904. The third kappa shape index (κ3) is 5.45. The van der Waals surface area contributed by atoms with Crippen LogP contribution in [0.25, 0.3) is 32.1 Å². The van der Waals surface area contributed by atoms with Crippen molar-refractivity contribution in [1.82, 2.24) is 34.5 Å². The fraction of sp³-hybridized carbons (Fsp3) is 0.459. The monoisotopic (exact) mass is 776 g/mol. The molecule has 9 rings (SSSR count). The number of likely N-dealkylation sites (tertiary alicyclic amines) is 1. The van der Waals surface area contributed by atoms with Crippen LogP contribution in [-0.4, -0.2) is 98.1 Å². The molecule has 17 heteroatoms. The van der Waals surface area contributed by atoms with Crippen LogP contribution in [0.3, 0.4) is 0 Å². The molecule has 4 aliphatic heterocycles. The first-order valence-electron chi connectivity index (χ1n) is 18.0. The highest BCUT2D eigenvalue weighted by Crippen LogP contribution is 2.47. The molecule has 4 aliphatic rings. The topological polar surface area (TPSA) is 142 Å². The molecular formula is C37H36ClF3N10O2S. The van der Waals surface area contributed by atoms with Gasteiger partial charge in [0.15, 0.2) is 5.82 Å². The second-order valence-electron chi connectivity index (χ2n) is 15.2. The second-order valence-corrected chi connectivity index (χ2v) is 16.6. The molecule has 4 saturated heterocycles. The Labute approximate surface area is 317 Å². The van der Waals surface area contributed by atoms with E-state index in [1.165, 1.54) is 16.8 Å². The number of anilines is 2. The van der Waals surface area contributed by atoms with Gasteiger partial charge in [-0.1, -0.05) is 17.7 Å². The maximum absolute atomic E-state index is 17.2. The number of halogens is 4. The second kappa shape index (κ2) is 12.7. The summed E-state index contributed by atoms with van der Waals surface area (Å²) in [4.78, 5) is 33.0. The minimum atomic E-state index is -0.961. The van der Waals surface area contributed by atoms with E-state index in [0.29, 0.717) is 62.0 Å². The predicted octanol–water partition coefficient (Wildman–Crippen LogP) is 6.63. The summed E-state index contributed by atoms with van der Waals surface area (Å²) in [7, 11) is 0. The number of fused-ring (bicyclic) bond motifs is 3. The molecule has 3 aromatic heterocycles. The molecule has 0 saturated carbocycles. The number of carbonyl (C=O) groups is 1. The molecule has 1 amide bonds. The van der Waals surface area contributed by atoms with Crippen LogP contribution in [0.1, 0.15) is 49.3 Å². The zero-order valence-corrected chi connectivity index (χ0v) is 31.2. The number of nitrogen functional groups attached to an aromatic ring is 1. The Bertz CT molecular complexity index is 2430. The number of piperidine rings is 1. The van der Waals surface area contributed by atoms with Crippen molar-refractivity contribution < 1.29 is 22.7 Å². The van der Waals surface area contributed by atoms with Crippen LogP contribution in [0.15, 0.2) is 18.2 Å². The van der Waals surface area contributed by atoms with E-state index in [2.05, 4.69) is 24.9 Å². The average molecular weight is 777 g/mol. The quantitative estimate of drug-likeness (QED) is 0.207. The molecule has 0 aliphatic carbocycles. The number of amides is 1. The maximum Gasteiger partial charge on any atom is 0.346 e.